The molecular formula is C10H13N3O. The van der Waals surface area contributed by atoms with Crippen molar-refractivity contribution in [2.45, 2.75) is 6.42 Å². The molecule has 0 saturated heterocycles. The second-order valence-electron chi connectivity index (χ2n) is 3.36. The third-order valence-corrected chi connectivity index (χ3v) is 2.28. The van der Waals surface area contributed by atoms with Crippen molar-refractivity contribution in [1.29, 1.82) is 0 Å². The fourth-order valence-electron chi connectivity index (χ4n) is 1.53. The Kier molecular flexibility index (Phi) is 2.26. The lowest BCUT2D eigenvalue weighted by Crippen LogP contribution is -2.33. The number of nitrogens with two attached hydrogens (primary N) is 1. The molecule has 0 aromatic carbocycles. The predicted octanol–water partition coefficient (Wildman–Crippen LogP) is 0.999. The van der Waals surface area contributed by atoms with Crippen molar-refractivity contribution in [2.24, 2.45) is 0 Å². The van der Waals surface area contributed by atoms with Crippen LogP contribution < -0.4 is 5.73 Å². The van der Waals surface area contributed by atoms with Gasteiger partial charge in [-0.05, 0) is 12.5 Å². The van der Waals surface area contributed by atoms with Crippen LogP contribution in [0.5, 0.6) is 0 Å². The smallest absolute Gasteiger partial charge is 0.270 e. The number of anilines is 1. The minimum absolute atomic E-state index is 0.0195. The van der Waals surface area contributed by atoms with Crippen LogP contribution in [0.25, 0.3) is 0 Å². The molecule has 74 valence electrons. The zero-order valence-electron chi connectivity index (χ0n) is 7.86. The minimum atomic E-state index is 0.0195. The summed E-state index contributed by atoms with van der Waals surface area (Å²) in [4.78, 5) is 16.5. The molecule has 0 saturated carbocycles. The van der Waals surface area contributed by atoms with Gasteiger partial charge in [0.15, 0.2) is 0 Å². The standard InChI is InChI=1S/C10H13N3O/c11-8-6-9(12-7-8)10(14)13-4-2-1-3-5-13/h1-2,6-7,12H,3-5,11H2. The summed E-state index contributed by atoms with van der Waals surface area (Å²) in [6.07, 6.45) is 6.66. The van der Waals surface area contributed by atoms with Gasteiger partial charge in [0.25, 0.3) is 5.91 Å². The van der Waals surface area contributed by atoms with Gasteiger partial charge in [0, 0.05) is 25.0 Å². The van der Waals surface area contributed by atoms with Crippen molar-refractivity contribution in [1.82, 2.24) is 9.88 Å². The van der Waals surface area contributed by atoms with Gasteiger partial charge in [0.2, 0.25) is 0 Å². The number of nitrogens with one attached hydrogen (secondary N) is 1. The largest absolute Gasteiger partial charge is 0.397 e. The number of carbonyl (C=O) groups is 1. The molecule has 0 bridgehead atoms. The highest BCUT2D eigenvalue weighted by Gasteiger charge is 2.16. The summed E-state index contributed by atoms with van der Waals surface area (Å²) >= 11 is 0. The molecule has 0 spiro atoms. The third-order valence-electron chi connectivity index (χ3n) is 2.28. The molecule has 0 unspecified atom stereocenters. The number of carbonyl (C=O) groups excluding carboxylic acids is 1. The van der Waals surface area contributed by atoms with E-state index in [9.17, 15) is 4.79 Å². The van der Waals surface area contributed by atoms with Crippen molar-refractivity contribution in [3.05, 3.63) is 30.1 Å². The van der Waals surface area contributed by atoms with E-state index in [4.69, 9.17) is 5.73 Å². The number of hydrogen-bond acceptors (Lipinski definition) is 2. The van der Waals surface area contributed by atoms with Crippen molar-refractivity contribution in [3.63, 3.8) is 0 Å². The highest BCUT2D eigenvalue weighted by molar-refractivity contribution is 5.93. The first-order valence-electron chi connectivity index (χ1n) is 4.65. The third kappa shape index (κ3) is 1.64. The Bertz CT molecular complexity index is 367. The number of nitrogens with zero attached hydrogens (tertiary/aromatic N) is 1. The molecule has 4 nitrogen and oxygen atoms in total. The summed E-state index contributed by atoms with van der Waals surface area (Å²) in [6, 6.07) is 1.67. The first-order chi connectivity index (χ1) is 6.77. The van der Waals surface area contributed by atoms with Gasteiger partial charge < -0.3 is 15.6 Å². The molecular weight excluding hydrogens is 178 g/mol. The zero-order chi connectivity index (χ0) is 9.97. The number of hydrogen-bond donors (Lipinski definition) is 2. The fraction of sp³-hybridized carbons (Fsp3) is 0.300. The fourth-order valence-corrected chi connectivity index (χ4v) is 1.53. The molecule has 2 rings (SSSR count). The van der Waals surface area contributed by atoms with E-state index in [0.717, 1.165) is 13.0 Å². The molecule has 0 radical (unpaired) electrons. The monoisotopic (exact) mass is 191 g/mol. The number of amides is 1. The highest BCUT2D eigenvalue weighted by Crippen LogP contribution is 2.10. The molecule has 3 N–H and O–H groups in total. The maximum Gasteiger partial charge on any atom is 0.270 e. The summed E-state index contributed by atoms with van der Waals surface area (Å²) < 4.78 is 0. The average Bonchev–Trinajstić information content (AvgIpc) is 2.65. The summed E-state index contributed by atoms with van der Waals surface area (Å²) in [5.74, 6) is 0.0195. The molecule has 0 fully saturated rings. The first kappa shape index (κ1) is 8.87. The molecule has 1 aliphatic rings. The van der Waals surface area contributed by atoms with E-state index < -0.39 is 0 Å². The summed E-state index contributed by atoms with van der Waals surface area (Å²) in [5.41, 5.74) is 6.70. The van der Waals surface area contributed by atoms with Crippen LogP contribution in [0.15, 0.2) is 24.4 Å². The predicted molar refractivity (Wildman–Crippen MR) is 54.9 cm³/mol. The maximum atomic E-state index is 11.8. The van der Waals surface area contributed by atoms with Crippen LogP contribution in [0.1, 0.15) is 16.9 Å². The molecule has 1 aromatic heterocycles. The van der Waals surface area contributed by atoms with E-state index in [1.165, 1.54) is 0 Å². The van der Waals surface area contributed by atoms with Gasteiger partial charge in [-0.1, -0.05) is 12.2 Å². The molecule has 4 heteroatoms. The first-order valence-corrected chi connectivity index (χ1v) is 4.65. The highest BCUT2D eigenvalue weighted by atomic mass is 16.2. The van der Waals surface area contributed by atoms with Crippen molar-refractivity contribution in [2.75, 3.05) is 18.8 Å². The number of aromatic amines is 1. The van der Waals surface area contributed by atoms with Gasteiger partial charge in [0.05, 0.1) is 0 Å². The average molecular weight is 191 g/mol. The van der Waals surface area contributed by atoms with Gasteiger partial charge in [-0.2, -0.15) is 0 Å². The van der Waals surface area contributed by atoms with Gasteiger partial charge in [-0.3, -0.25) is 4.79 Å². The van der Waals surface area contributed by atoms with E-state index in [1.54, 1.807) is 17.2 Å². The Labute approximate surface area is 82.4 Å². The second kappa shape index (κ2) is 3.57. The number of H-pyrrole nitrogens is 1. The topological polar surface area (TPSA) is 62.1 Å². The van der Waals surface area contributed by atoms with E-state index in [2.05, 4.69) is 11.1 Å². The second-order valence-corrected chi connectivity index (χ2v) is 3.36. The number of aromatic nitrogens is 1. The normalized spacial score (nSPS) is 15.9. The summed E-state index contributed by atoms with van der Waals surface area (Å²) in [5, 5.41) is 0. The van der Waals surface area contributed by atoms with Gasteiger partial charge in [0.1, 0.15) is 5.69 Å². The van der Waals surface area contributed by atoms with E-state index in [-0.39, 0.29) is 5.91 Å². The molecule has 1 aromatic rings. The van der Waals surface area contributed by atoms with Crippen LogP contribution >= 0.6 is 0 Å². The molecule has 2 heterocycles. The summed E-state index contributed by atoms with van der Waals surface area (Å²) in [7, 11) is 0. The number of nitrogen functional groups attached to an aromatic ring is 1. The Morgan fingerprint density at radius 1 is 1.50 bits per heavy atom. The van der Waals surface area contributed by atoms with Crippen LogP contribution in [-0.2, 0) is 0 Å². The molecule has 0 aliphatic carbocycles. The Balaban J connectivity index is 2.11. The van der Waals surface area contributed by atoms with Crippen molar-refractivity contribution >= 4 is 11.6 Å². The van der Waals surface area contributed by atoms with Crippen LogP contribution in [0.4, 0.5) is 5.69 Å². The molecule has 0 atom stereocenters. The van der Waals surface area contributed by atoms with Gasteiger partial charge >= 0.3 is 0 Å². The summed E-state index contributed by atoms with van der Waals surface area (Å²) in [6.45, 7) is 1.48. The van der Waals surface area contributed by atoms with E-state index in [0.29, 0.717) is 17.9 Å². The lowest BCUT2D eigenvalue weighted by atomic mass is 10.2. The van der Waals surface area contributed by atoms with Crippen molar-refractivity contribution < 1.29 is 4.79 Å². The van der Waals surface area contributed by atoms with Crippen LogP contribution in [0.3, 0.4) is 0 Å². The molecule has 1 amide bonds. The Morgan fingerprint density at radius 3 is 2.93 bits per heavy atom. The van der Waals surface area contributed by atoms with Crippen LogP contribution in [0, 0.1) is 0 Å². The Morgan fingerprint density at radius 2 is 2.36 bits per heavy atom. The van der Waals surface area contributed by atoms with Crippen LogP contribution in [-0.4, -0.2) is 28.9 Å². The van der Waals surface area contributed by atoms with E-state index in [1.807, 2.05) is 6.08 Å². The van der Waals surface area contributed by atoms with Gasteiger partial charge in [-0.15, -0.1) is 0 Å². The SMILES string of the molecule is Nc1c[nH]c(C(=O)N2CC=CCC2)c1. The quantitative estimate of drug-likeness (QED) is 0.650. The van der Waals surface area contributed by atoms with E-state index >= 15 is 0 Å². The minimum Gasteiger partial charge on any atom is -0.397 e. The van der Waals surface area contributed by atoms with Gasteiger partial charge in [-0.25, -0.2) is 0 Å². The zero-order valence-corrected chi connectivity index (χ0v) is 7.86. The lowest BCUT2D eigenvalue weighted by molar-refractivity contribution is 0.0766. The maximum absolute atomic E-state index is 11.8. The Hall–Kier alpha value is -1.71. The molecule has 14 heavy (non-hydrogen) atoms. The number of rotatable bonds is 1. The van der Waals surface area contributed by atoms with Crippen LogP contribution in [0.2, 0.25) is 0 Å². The van der Waals surface area contributed by atoms with Crippen molar-refractivity contribution in [3.8, 4) is 0 Å². The molecule has 1 aliphatic heterocycles. The lowest BCUT2D eigenvalue weighted by Gasteiger charge is -2.22.